The summed E-state index contributed by atoms with van der Waals surface area (Å²) in [4.78, 5) is 12.3. The van der Waals surface area contributed by atoms with E-state index < -0.39 is 0 Å². The molecule has 0 aliphatic heterocycles. The van der Waals surface area contributed by atoms with Gasteiger partial charge in [0, 0.05) is 20.0 Å². The lowest BCUT2D eigenvalue weighted by Crippen LogP contribution is -2.29. The van der Waals surface area contributed by atoms with Crippen molar-refractivity contribution >= 4 is 18.5 Å². The molecular formula is C9H24N2OS. The molecule has 1 N–H and O–H groups in total. The van der Waals surface area contributed by atoms with Crippen molar-refractivity contribution in [3.05, 3.63) is 0 Å². The lowest BCUT2D eigenvalue weighted by molar-refractivity contribution is -0.118. The standard InChI is InChI=1S/C6H14N2O.C2H6.CH4S/c1-6(9)7-4-5-8(2)3;2*1-2/h4-5H2,1-3H3,(H,7,9);1-2H3;2H,1H3. The van der Waals surface area contributed by atoms with Crippen molar-refractivity contribution in [1.82, 2.24) is 10.2 Å². The predicted molar refractivity (Wildman–Crippen MR) is 63.5 cm³/mol. The van der Waals surface area contributed by atoms with E-state index in [1.807, 2.05) is 32.8 Å². The van der Waals surface area contributed by atoms with Gasteiger partial charge in [-0.1, -0.05) is 13.8 Å². The molecule has 0 fully saturated rings. The average molecular weight is 208 g/mol. The minimum atomic E-state index is 0.0388. The summed E-state index contributed by atoms with van der Waals surface area (Å²) >= 11 is 3.53. The van der Waals surface area contributed by atoms with Gasteiger partial charge in [0.2, 0.25) is 5.91 Å². The molecule has 0 aromatic heterocycles. The highest BCUT2D eigenvalue weighted by Crippen LogP contribution is 1.69. The van der Waals surface area contributed by atoms with Crippen molar-refractivity contribution in [2.24, 2.45) is 0 Å². The van der Waals surface area contributed by atoms with Crippen LogP contribution in [0.15, 0.2) is 0 Å². The number of nitrogens with zero attached hydrogens (tertiary/aromatic N) is 1. The van der Waals surface area contributed by atoms with Crippen molar-refractivity contribution in [1.29, 1.82) is 0 Å². The Kier molecular flexibility index (Phi) is 25.3. The van der Waals surface area contributed by atoms with Gasteiger partial charge in [-0.25, -0.2) is 0 Å². The lowest BCUT2D eigenvalue weighted by atomic mass is 10.5. The van der Waals surface area contributed by atoms with Gasteiger partial charge in [0.05, 0.1) is 0 Å². The molecular weight excluding hydrogens is 184 g/mol. The molecule has 3 nitrogen and oxygen atoms in total. The largest absolute Gasteiger partial charge is 0.355 e. The van der Waals surface area contributed by atoms with Crippen LogP contribution < -0.4 is 5.32 Å². The van der Waals surface area contributed by atoms with E-state index in [0.717, 1.165) is 13.1 Å². The Labute approximate surface area is 88.3 Å². The summed E-state index contributed by atoms with van der Waals surface area (Å²) in [6.07, 6.45) is 1.69. The van der Waals surface area contributed by atoms with Crippen molar-refractivity contribution in [2.45, 2.75) is 20.8 Å². The third-order valence-electron chi connectivity index (χ3n) is 0.933. The van der Waals surface area contributed by atoms with Gasteiger partial charge in [-0.15, -0.1) is 0 Å². The Morgan fingerprint density at radius 1 is 1.31 bits per heavy atom. The molecule has 0 atom stereocenters. The summed E-state index contributed by atoms with van der Waals surface area (Å²) in [5, 5.41) is 2.70. The molecule has 13 heavy (non-hydrogen) atoms. The second kappa shape index (κ2) is 17.8. The molecule has 0 spiro atoms. The van der Waals surface area contributed by atoms with Gasteiger partial charge in [0.1, 0.15) is 0 Å². The Morgan fingerprint density at radius 3 is 1.92 bits per heavy atom. The minimum Gasteiger partial charge on any atom is -0.355 e. The third kappa shape index (κ3) is 33.7. The number of thiol groups is 1. The van der Waals surface area contributed by atoms with E-state index in [4.69, 9.17) is 0 Å². The molecule has 0 aromatic rings. The number of nitrogens with one attached hydrogen (secondary N) is 1. The topological polar surface area (TPSA) is 32.3 Å². The van der Waals surface area contributed by atoms with E-state index in [1.165, 1.54) is 6.92 Å². The minimum absolute atomic E-state index is 0.0388. The zero-order chi connectivity index (χ0) is 11.3. The lowest BCUT2D eigenvalue weighted by Gasteiger charge is -2.08. The zero-order valence-electron chi connectivity index (χ0n) is 9.72. The van der Waals surface area contributed by atoms with Crippen LogP contribution in [0.1, 0.15) is 20.8 Å². The van der Waals surface area contributed by atoms with E-state index in [0.29, 0.717) is 0 Å². The molecule has 0 radical (unpaired) electrons. The first-order valence-corrected chi connectivity index (χ1v) is 5.36. The number of hydrogen-bond acceptors (Lipinski definition) is 3. The first kappa shape index (κ1) is 18.5. The average Bonchev–Trinajstić information content (AvgIpc) is 2.10. The number of amides is 1. The fraction of sp³-hybridized carbons (Fsp3) is 0.889. The Balaban J connectivity index is -0.000000218. The van der Waals surface area contributed by atoms with Crippen LogP contribution in [-0.2, 0) is 4.79 Å². The van der Waals surface area contributed by atoms with Crippen molar-refractivity contribution in [3.8, 4) is 0 Å². The highest BCUT2D eigenvalue weighted by atomic mass is 32.1. The molecule has 0 aliphatic rings. The van der Waals surface area contributed by atoms with Gasteiger partial charge in [-0.05, 0) is 20.4 Å². The van der Waals surface area contributed by atoms with Crippen LogP contribution >= 0.6 is 12.6 Å². The first-order chi connectivity index (χ1) is 6.13. The SMILES string of the molecule is CC.CC(=O)NCCN(C)C.CS. The van der Waals surface area contributed by atoms with Crippen molar-refractivity contribution in [3.63, 3.8) is 0 Å². The van der Waals surface area contributed by atoms with Gasteiger partial charge in [0.25, 0.3) is 0 Å². The molecule has 0 bridgehead atoms. The normalized spacial score (nSPS) is 7.69. The Morgan fingerprint density at radius 2 is 1.69 bits per heavy atom. The number of rotatable bonds is 3. The molecule has 0 unspecified atom stereocenters. The van der Waals surface area contributed by atoms with E-state index in [1.54, 1.807) is 6.26 Å². The van der Waals surface area contributed by atoms with Crippen LogP contribution in [0, 0.1) is 0 Å². The van der Waals surface area contributed by atoms with Gasteiger partial charge in [-0.2, -0.15) is 12.6 Å². The number of likely N-dealkylation sites (N-methyl/N-ethyl adjacent to an activating group) is 1. The van der Waals surface area contributed by atoms with Crippen LogP contribution in [0.25, 0.3) is 0 Å². The summed E-state index contributed by atoms with van der Waals surface area (Å²) < 4.78 is 0. The Hall–Kier alpha value is -0.220. The quantitative estimate of drug-likeness (QED) is 0.684. The van der Waals surface area contributed by atoms with Crippen LogP contribution in [0.5, 0.6) is 0 Å². The van der Waals surface area contributed by atoms with Gasteiger partial charge in [-0.3, -0.25) is 4.79 Å². The summed E-state index contributed by atoms with van der Waals surface area (Å²) in [5.41, 5.74) is 0. The maximum atomic E-state index is 10.3. The van der Waals surface area contributed by atoms with Gasteiger partial charge < -0.3 is 10.2 Å². The van der Waals surface area contributed by atoms with Gasteiger partial charge >= 0.3 is 0 Å². The molecule has 0 aromatic carbocycles. The smallest absolute Gasteiger partial charge is 0.216 e. The van der Waals surface area contributed by atoms with E-state index in [-0.39, 0.29) is 5.91 Å². The third-order valence-corrected chi connectivity index (χ3v) is 0.933. The number of carbonyl (C=O) groups excluding carboxylic acids is 1. The maximum absolute atomic E-state index is 10.3. The highest BCUT2D eigenvalue weighted by molar-refractivity contribution is 7.79. The zero-order valence-corrected chi connectivity index (χ0v) is 10.6. The molecule has 0 rings (SSSR count). The molecule has 0 aliphatic carbocycles. The summed E-state index contributed by atoms with van der Waals surface area (Å²) in [5.74, 6) is 0.0388. The molecule has 0 saturated heterocycles. The summed E-state index contributed by atoms with van der Waals surface area (Å²) in [6.45, 7) is 7.16. The van der Waals surface area contributed by atoms with Crippen LogP contribution in [0.4, 0.5) is 0 Å². The van der Waals surface area contributed by atoms with Crippen LogP contribution in [0.3, 0.4) is 0 Å². The summed E-state index contributed by atoms with van der Waals surface area (Å²) in [6, 6.07) is 0. The van der Waals surface area contributed by atoms with Gasteiger partial charge in [0.15, 0.2) is 0 Å². The molecule has 0 heterocycles. The van der Waals surface area contributed by atoms with E-state index in [2.05, 4.69) is 17.9 Å². The Bertz CT molecular complexity index is 97.6. The number of carbonyl (C=O) groups is 1. The molecule has 82 valence electrons. The molecule has 4 heteroatoms. The van der Waals surface area contributed by atoms with Crippen molar-refractivity contribution < 1.29 is 4.79 Å². The second-order valence-corrected chi connectivity index (χ2v) is 2.29. The maximum Gasteiger partial charge on any atom is 0.216 e. The van der Waals surface area contributed by atoms with E-state index in [9.17, 15) is 4.79 Å². The molecule has 1 amide bonds. The first-order valence-electron chi connectivity index (χ1n) is 4.47. The number of hydrogen-bond donors (Lipinski definition) is 2. The summed E-state index contributed by atoms with van der Waals surface area (Å²) in [7, 11) is 3.95. The van der Waals surface area contributed by atoms with Crippen LogP contribution in [0.2, 0.25) is 0 Å². The fourth-order valence-corrected chi connectivity index (χ4v) is 0.456. The predicted octanol–water partition coefficient (Wildman–Crippen LogP) is 1.26. The monoisotopic (exact) mass is 208 g/mol. The highest BCUT2D eigenvalue weighted by Gasteiger charge is 1.90. The van der Waals surface area contributed by atoms with E-state index >= 15 is 0 Å². The second-order valence-electron chi connectivity index (χ2n) is 2.29. The van der Waals surface area contributed by atoms with Crippen LogP contribution in [-0.4, -0.2) is 44.2 Å². The molecule has 0 saturated carbocycles. The fourth-order valence-electron chi connectivity index (χ4n) is 0.456. The van der Waals surface area contributed by atoms with Crippen molar-refractivity contribution in [2.75, 3.05) is 33.4 Å².